The van der Waals surface area contributed by atoms with E-state index < -0.39 is 47.7 Å². The van der Waals surface area contributed by atoms with Gasteiger partial charge in [-0.1, -0.05) is 12.8 Å². The van der Waals surface area contributed by atoms with Crippen LogP contribution in [0.2, 0.25) is 0 Å². The molecule has 2 spiro atoms. The number of carbonyl (C=O) groups is 1. The van der Waals surface area contributed by atoms with Crippen LogP contribution in [0.3, 0.4) is 0 Å². The van der Waals surface area contributed by atoms with Gasteiger partial charge in [-0.25, -0.2) is 4.79 Å². The Morgan fingerprint density at radius 2 is 1.53 bits per heavy atom. The summed E-state index contributed by atoms with van der Waals surface area (Å²) in [5, 5.41) is 0. The Hall–Kier alpha value is -0.770. The molecule has 8 heteroatoms. The average Bonchev–Trinajstić information content (AvgIpc) is 3.38. The fraction of sp³-hybridized carbons (Fsp3) is 0.958. The van der Waals surface area contributed by atoms with Gasteiger partial charge in [0, 0.05) is 25.7 Å². The second-order valence-electron chi connectivity index (χ2n) is 10.9. The molecule has 5 atom stereocenters. The fourth-order valence-corrected chi connectivity index (χ4v) is 5.80. The van der Waals surface area contributed by atoms with Crippen LogP contribution >= 0.6 is 0 Å². The normalized spacial score (nSPS) is 38.3. The molecule has 0 aromatic carbocycles. The minimum atomic E-state index is -0.594. The number of esters is 1. The zero-order valence-electron chi connectivity index (χ0n) is 19.6. The molecule has 5 fully saturated rings. The summed E-state index contributed by atoms with van der Waals surface area (Å²) in [5.41, 5.74) is -0.566. The highest BCUT2D eigenvalue weighted by atomic mass is 16.9. The highest BCUT2D eigenvalue weighted by Crippen LogP contribution is 2.48. The van der Waals surface area contributed by atoms with E-state index in [0.717, 1.165) is 51.4 Å². The second-order valence-corrected chi connectivity index (χ2v) is 10.9. The first-order chi connectivity index (χ1) is 15.3. The maximum absolute atomic E-state index is 12.4. The lowest BCUT2D eigenvalue weighted by atomic mass is 9.94. The number of carbonyl (C=O) groups excluding carboxylic acids is 1. The first kappa shape index (κ1) is 23.0. The molecule has 3 aliphatic heterocycles. The van der Waals surface area contributed by atoms with E-state index in [-0.39, 0.29) is 12.7 Å². The lowest BCUT2D eigenvalue weighted by molar-refractivity contribution is -0.262. The van der Waals surface area contributed by atoms with E-state index in [1.807, 2.05) is 20.8 Å². The molecule has 5 aliphatic rings. The standard InChI is InChI=1S/C24H38O8/c1-22(2,3)30-17(25)15-26-19-18(16-14-27-23(29-16)10-6-4-7-11-23)28-21-20(19)31-24(32-21)12-8-5-9-13-24/h16,18-21H,4-15H2,1-3H3/t16?,18-,19+,20-,21-/m1/s1. The summed E-state index contributed by atoms with van der Waals surface area (Å²) in [6.07, 6.45) is 8.21. The zero-order chi connectivity index (χ0) is 22.4. The molecule has 1 unspecified atom stereocenters. The third-order valence-electron chi connectivity index (χ3n) is 7.18. The van der Waals surface area contributed by atoms with Crippen LogP contribution in [0.5, 0.6) is 0 Å². The lowest BCUT2D eigenvalue weighted by Crippen LogP contribution is -2.46. The molecule has 2 aliphatic carbocycles. The highest BCUT2D eigenvalue weighted by Gasteiger charge is 2.61. The van der Waals surface area contributed by atoms with E-state index in [9.17, 15) is 4.79 Å². The molecule has 8 nitrogen and oxygen atoms in total. The first-order valence-corrected chi connectivity index (χ1v) is 12.4. The van der Waals surface area contributed by atoms with Crippen LogP contribution in [0, 0.1) is 0 Å². The maximum atomic E-state index is 12.4. The van der Waals surface area contributed by atoms with Crippen molar-refractivity contribution in [2.45, 2.75) is 133 Å². The molecule has 0 radical (unpaired) electrons. The van der Waals surface area contributed by atoms with Gasteiger partial charge in [0.15, 0.2) is 17.9 Å². The van der Waals surface area contributed by atoms with Gasteiger partial charge in [0.05, 0.1) is 6.61 Å². The third kappa shape index (κ3) is 4.72. The Labute approximate surface area is 190 Å². The molecule has 182 valence electrons. The second kappa shape index (κ2) is 8.78. The fourth-order valence-electron chi connectivity index (χ4n) is 5.80. The Morgan fingerprint density at radius 1 is 0.875 bits per heavy atom. The predicted octanol–water partition coefficient (Wildman–Crippen LogP) is 3.59. The number of ether oxygens (including phenoxy) is 7. The maximum Gasteiger partial charge on any atom is 0.332 e. The van der Waals surface area contributed by atoms with Crippen molar-refractivity contribution >= 4 is 5.97 Å². The third-order valence-corrected chi connectivity index (χ3v) is 7.18. The molecule has 3 saturated heterocycles. The Kier molecular flexibility index (Phi) is 6.31. The van der Waals surface area contributed by atoms with Gasteiger partial charge in [-0.3, -0.25) is 0 Å². The van der Waals surface area contributed by atoms with Crippen molar-refractivity contribution in [1.82, 2.24) is 0 Å². The van der Waals surface area contributed by atoms with Gasteiger partial charge in [-0.15, -0.1) is 0 Å². The Bertz CT molecular complexity index is 676. The number of hydrogen-bond acceptors (Lipinski definition) is 8. The van der Waals surface area contributed by atoms with Crippen molar-refractivity contribution in [1.29, 1.82) is 0 Å². The van der Waals surface area contributed by atoms with Gasteiger partial charge in [0.25, 0.3) is 0 Å². The number of hydrogen-bond donors (Lipinski definition) is 0. The zero-order valence-corrected chi connectivity index (χ0v) is 19.6. The smallest absolute Gasteiger partial charge is 0.332 e. The van der Waals surface area contributed by atoms with Crippen molar-refractivity contribution < 1.29 is 38.0 Å². The van der Waals surface area contributed by atoms with Gasteiger partial charge in [-0.2, -0.15) is 0 Å². The minimum Gasteiger partial charge on any atom is -0.458 e. The summed E-state index contributed by atoms with van der Waals surface area (Å²) < 4.78 is 43.3. The quantitative estimate of drug-likeness (QED) is 0.596. The first-order valence-electron chi connectivity index (χ1n) is 12.4. The summed E-state index contributed by atoms with van der Waals surface area (Å²) in [4.78, 5) is 12.4. The topological polar surface area (TPSA) is 81.7 Å². The SMILES string of the molecule is CC(C)(C)OC(=O)CO[C@@H]1[C@H]2OC3(CCCCC3)O[C@H]2O[C@@H]1C1COC2(CCCCC2)O1. The molecule has 0 N–H and O–H groups in total. The number of rotatable bonds is 4. The van der Waals surface area contributed by atoms with E-state index in [0.29, 0.717) is 6.61 Å². The van der Waals surface area contributed by atoms with Gasteiger partial charge in [-0.05, 0) is 46.5 Å². The van der Waals surface area contributed by atoms with Crippen LogP contribution < -0.4 is 0 Å². The molecule has 3 heterocycles. The molecular formula is C24H38O8. The summed E-state index contributed by atoms with van der Waals surface area (Å²) in [6, 6.07) is 0. The summed E-state index contributed by atoms with van der Waals surface area (Å²) in [7, 11) is 0. The van der Waals surface area contributed by atoms with E-state index in [1.54, 1.807) is 0 Å². The molecule has 2 saturated carbocycles. The van der Waals surface area contributed by atoms with Crippen LogP contribution in [0.1, 0.15) is 85.0 Å². The van der Waals surface area contributed by atoms with E-state index in [2.05, 4.69) is 0 Å². The summed E-state index contributed by atoms with van der Waals surface area (Å²) >= 11 is 0. The van der Waals surface area contributed by atoms with Crippen molar-refractivity contribution in [3.63, 3.8) is 0 Å². The summed E-state index contributed by atoms with van der Waals surface area (Å²) in [5.74, 6) is -1.51. The van der Waals surface area contributed by atoms with E-state index >= 15 is 0 Å². The van der Waals surface area contributed by atoms with Gasteiger partial charge < -0.3 is 33.2 Å². The predicted molar refractivity (Wildman–Crippen MR) is 113 cm³/mol. The molecule has 0 bridgehead atoms. The van der Waals surface area contributed by atoms with Crippen molar-refractivity contribution in [3.8, 4) is 0 Å². The molecule has 0 amide bonds. The minimum absolute atomic E-state index is 0.167. The molecule has 0 aromatic heterocycles. The monoisotopic (exact) mass is 454 g/mol. The molecule has 32 heavy (non-hydrogen) atoms. The van der Waals surface area contributed by atoms with Gasteiger partial charge in [0.2, 0.25) is 0 Å². The largest absolute Gasteiger partial charge is 0.458 e. The van der Waals surface area contributed by atoms with Crippen LogP contribution in [0.4, 0.5) is 0 Å². The Morgan fingerprint density at radius 3 is 2.19 bits per heavy atom. The average molecular weight is 455 g/mol. The Balaban J connectivity index is 1.28. The molecular weight excluding hydrogens is 416 g/mol. The van der Waals surface area contributed by atoms with Crippen LogP contribution in [-0.2, 0) is 38.0 Å². The molecule has 0 aromatic rings. The van der Waals surface area contributed by atoms with Crippen molar-refractivity contribution in [2.75, 3.05) is 13.2 Å². The van der Waals surface area contributed by atoms with Gasteiger partial charge in [0.1, 0.15) is 36.6 Å². The summed E-state index contributed by atoms with van der Waals surface area (Å²) in [6.45, 7) is 5.81. The highest BCUT2D eigenvalue weighted by molar-refractivity contribution is 5.71. The van der Waals surface area contributed by atoms with Crippen LogP contribution in [0.15, 0.2) is 0 Å². The lowest BCUT2D eigenvalue weighted by Gasteiger charge is -2.35. The van der Waals surface area contributed by atoms with Crippen molar-refractivity contribution in [3.05, 3.63) is 0 Å². The number of fused-ring (bicyclic) bond motifs is 1. The molecule has 5 rings (SSSR count). The van der Waals surface area contributed by atoms with Crippen LogP contribution in [0.25, 0.3) is 0 Å². The van der Waals surface area contributed by atoms with Crippen LogP contribution in [-0.4, -0.2) is 67.1 Å². The van der Waals surface area contributed by atoms with E-state index in [1.165, 1.54) is 12.8 Å². The van der Waals surface area contributed by atoms with Crippen molar-refractivity contribution in [2.24, 2.45) is 0 Å². The van der Waals surface area contributed by atoms with E-state index in [4.69, 9.17) is 33.2 Å². The van der Waals surface area contributed by atoms with Gasteiger partial charge >= 0.3 is 5.97 Å².